The first kappa shape index (κ1) is 17.0. The van der Waals surface area contributed by atoms with Crippen LogP contribution in [0.1, 0.15) is 24.5 Å². The van der Waals surface area contributed by atoms with E-state index in [1.54, 1.807) is 24.2 Å². The van der Waals surface area contributed by atoms with Gasteiger partial charge in [0, 0.05) is 59.8 Å². The molecule has 4 rings (SSSR count). The van der Waals surface area contributed by atoms with Gasteiger partial charge in [0.25, 0.3) is 0 Å². The van der Waals surface area contributed by atoms with Gasteiger partial charge in [0.15, 0.2) is 0 Å². The van der Waals surface area contributed by atoms with Crippen molar-refractivity contribution in [3.8, 4) is 0 Å². The summed E-state index contributed by atoms with van der Waals surface area (Å²) >= 11 is 1.57. The Hall–Kier alpha value is -2.47. The number of fused-ring (bicyclic) bond motifs is 1. The standard InChI is InChI=1S/C20H20N4OS/c25-20(14-26-17-3-8-21-9-4-17)24-10-5-15(6-11-24)18-12-19-16(13-23-18)2-1-7-22-19/h1-4,7-9,12-13,15H,5-6,10-11,14H2. The molecule has 0 N–H and O–H groups in total. The molecule has 0 aromatic carbocycles. The van der Waals surface area contributed by atoms with Gasteiger partial charge in [-0.25, -0.2) is 0 Å². The van der Waals surface area contributed by atoms with Gasteiger partial charge in [0.2, 0.25) is 5.91 Å². The highest BCUT2D eigenvalue weighted by molar-refractivity contribution is 8.00. The fraction of sp³-hybridized carbons (Fsp3) is 0.300. The van der Waals surface area contributed by atoms with E-state index in [1.165, 1.54) is 0 Å². The Kier molecular flexibility index (Phi) is 5.11. The summed E-state index contributed by atoms with van der Waals surface area (Å²) in [4.78, 5) is 28.6. The van der Waals surface area contributed by atoms with E-state index in [2.05, 4.69) is 21.0 Å². The molecule has 3 aromatic heterocycles. The minimum atomic E-state index is 0.207. The van der Waals surface area contributed by atoms with Crippen LogP contribution >= 0.6 is 11.8 Å². The fourth-order valence-electron chi connectivity index (χ4n) is 3.30. The van der Waals surface area contributed by atoms with Gasteiger partial charge in [-0.15, -0.1) is 11.8 Å². The number of amides is 1. The molecule has 26 heavy (non-hydrogen) atoms. The van der Waals surface area contributed by atoms with Crippen molar-refractivity contribution in [1.29, 1.82) is 0 Å². The highest BCUT2D eigenvalue weighted by Gasteiger charge is 2.24. The highest BCUT2D eigenvalue weighted by Crippen LogP contribution is 2.28. The van der Waals surface area contributed by atoms with Crippen molar-refractivity contribution in [2.45, 2.75) is 23.7 Å². The van der Waals surface area contributed by atoms with E-state index in [-0.39, 0.29) is 5.91 Å². The average Bonchev–Trinajstić information content (AvgIpc) is 2.72. The minimum Gasteiger partial charge on any atom is -0.342 e. The van der Waals surface area contributed by atoms with Crippen molar-refractivity contribution in [3.63, 3.8) is 0 Å². The summed E-state index contributed by atoms with van der Waals surface area (Å²) < 4.78 is 0. The SMILES string of the molecule is O=C(CSc1ccncc1)N1CCC(c2cc3ncccc3cn2)CC1. The van der Waals surface area contributed by atoms with Crippen LogP contribution in [-0.4, -0.2) is 44.6 Å². The molecule has 0 bridgehead atoms. The Labute approximate surface area is 156 Å². The third-order valence-corrected chi connectivity index (χ3v) is 5.78. The normalized spacial score (nSPS) is 15.3. The van der Waals surface area contributed by atoms with Crippen LogP contribution in [-0.2, 0) is 4.79 Å². The molecule has 1 saturated heterocycles. The smallest absolute Gasteiger partial charge is 0.232 e. The maximum absolute atomic E-state index is 12.5. The van der Waals surface area contributed by atoms with Crippen molar-refractivity contribution in [2.75, 3.05) is 18.8 Å². The van der Waals surface area contributed by atoms with Gasteiger partial charge in [0.1, 0.15) is 0 Å². The molecule has 132 valence electrons. The lowest BCUT2D eigenvalue weighted by molar-refractivity contribution is -0.129. The molecule has 4 heterocycles. The summed E-state index contributed by atoms with van der Waals surface area (Å²) in [5.74, 6) is 1.09. The zero-order chi connectivity index (χ0) is 17.8. The predicted molar refractivity (Wildman–Crippen MR) is 103 cm³/mol. The fourth-order valence-corrected chi connectivity index (χ4v) is 4.09. The van der Waals surface area contributed by atoms with E-state index in [1.807, 2.05) is 41.6 Å². The molecule has 1 aliphatic heterocycles. The Morgan fingerprint density at radius 1 is 1.12 bits per heavy atom. The molecule has 0 spiro atoms. The Balaban J connectivity index is 1.33. The zero-order valence-corrected chi connectivity index (χ0v) is 15.2. The van der Waals surface area contributed by atoms with Gasteiger partial charge in [-0.05, 0) is 43.2 Å². The molecule has 6 heteroatoms. The molecular formula is C20H20N4OS. The third kappa shape index (κ3) is 3.85. The first-order valence-electron chi connectivity index (χ1n) is 8.81. The topological polar surface area (TPSA) is 59.0 Å². The molecule has 0 aliphatic carbocycles. The van der Waals surface area contributed by atoms with E-state index in [0.717, 1.165) is 47.4 Å². The van der Waals surface area contributed by atoms with Crippen molar-refractivity contribution >= 4 is 28.6 Å². The van der Waals surface area contributed by atoms with Crippen LogP contribution in [0.15, 0.2) is 60.0 Å². The summed E-state index contributed by atoms with van der Waals surface area (Å²) in [6.45, 7) is 1.59. The maximum Gasteiger partial charge on any atom is 0.232 e. The van der Waals surface area contributed by atoms with Crippen LogP contribution in [0.25, 0.3) is 10.9 Å². The zero-order valence-electron chi connectivity index (χ0n) is 14.4. The van der Waals surface area contributed by atoms with Gasteiger partial charge in [-0.2, -0.15) is 0 Å². The lowest BCUT2D eigenvalue weighted by Gasteiger charge is -2.31. The lowest BCUT2D eigenvalue weighted by atomic mass is 9.92. The number of hydrogen-bond donors (Lipinski definition) is 0. The van der Waals surface area contributed by atoms with Gasteiger partial charge < -0.3 is 4.90 Å². The second-order valence-electron chi connectivity index (χ2n) is 6.43. The van der Waals surface area contributed by atoms with Gasteiger partial charge in [-0.3, -0.25) is 19.7 Å². The van der Waals surface area contributed by atoms with Crippen LogP contribution in [0.3, 0.4) is 0 Å². The maximum atomic E-state index is 12.5. The van der Waals surface area contributed by atoms with Crippen LogP contribution < -0.4 is 0 Å². The quantitative estimate of drug-likeness (QED) is 0.663. The number of likely N-dealkylation sites (tertiary alicyclic amines) is 1. The number of carbonyl (C=O) groups excluding carboxylic acids is 1. The lowest BCUT2D eigenvalue weighted by Crippen LogP contribution is -2.39. The number of piperidine rings is 1. The first-order valence-corrected chi connectivity index (χ1v) is 9.79. The number of hydrogen-bond acceptors (Lipinski definition) is 5. The van der Waals surface area contributed by atoms with Crippen molar-refractivity contribution in [1.82, 2.24) is 19.9 Å². The molecular weight excluding hydrogens is 344 g/mol. The molecule has 0 unspecified atom stereocenters. The second kappa shape index (κ2) is 7.83. The number of pyridine rings is 3. The summed E-state index contributed by atoms with van der Waals surface area (Å²) in [7, 11) is 0. The summed E-state index contributed by atoms with van der Waals surface area (Å²) in [6, 6.07) is 9.92. The van der Waals surface area contributed by atoms with Crippen molar-refractivity contribution < 1.29 is 4.79 Å². The predicted octanol–water partition coefficient (Wildman–Crippen LogP) is 3.52. The first-order chi connectivity index (χ1) is 12.8. The molecule has 1 fully saturated rings. The van der Waals surface area contributed by atoms with E-state index < -0.39 is 0 Å². The molecule has 3 aromatic rings. The minimum absolute atomic E-state index is 0.207. The largest absolute Gasteiger partial charge is 0.342 e. The average molecular weight is 364 g/mol. The van der Waals surface area contributed by atoms with Crippen LogP contribution in [0.2, 0.25) is 0 Å². The number of aromatic nitrogens is 3. The molecule has 1 aliphatic rings. The second-order valence-corrected chi connectivity index (χ2v) is 7.48. The van der Waals surface area contributed by atoms with Crippen LogP contribution in [0, 0.1) is 0 Å². The summed E-state index contributed by atoms with van der Waals surface area (Å²) in [5, 5.41) is 1.07. The van der Waals surface area contributed by atoms with Gasteiger partial charge >= 0.3 is 0 Å². The summed E-state index contributed by atoms with van der Waals surface area (Å²) in [6.07, 6.45) is 9.13. The van der Waals surface area contributed by atoms with Crippen LogP contribution in [0.4, 0.5) is 0 Å². The Bertz CT molecular complexity index is 894. The monoisotopic (exact) mass is 364 g/mol. The molecule has 1 amide bonds. The van der Waals surface area contributed by atoms with Crippen molar-refractivity contribution in [3.05, 3.63) is 60.8 Å². The van der Waals surface area contributed by atoms with Crippen molar-refractivity contribution in [2.24, 2.45) is 0 Å². The number of nitrogens with zero attached hydrogens (tertiary/aromatic N) is 4. The van der Waals surface area contributed by atoms with E-state index >= 15 is 0 Å². The molecule has 5 nitrogen and oxygen atoms in total. The third-order valence-electron chi connectivity index (χ3n) is 4.79. The van der Waals surface area contributed by atoms with Gasteiger partial charge in [-0.1, -0.05) is 0 Å². The number of thioether (sulfide) groups is 1. The number of carbonyl (C=O) groups is 1. The number of rotatable bonds is 4. The Morgan fingerprint density at radius 3 is 2.73 bits per heavy atom. The van der Waals surface area contributed by atoms with E-state index in [4.69, 9.17) is 0 Å². The van der Waals surface area contributed by atoms with E-state index in [0.29, 0.717) is 11.7 Å². The molecule has 0 saturated carbocycles. The van der Waals surface area contributed by atoms with E-state index in [9.17, 15) is 4.79 Å². The van der Waals surface area contributed by atoms with Crippen LogP contribution in [0.5, 0.6) is 0 Å². The summed E-state index contributed by atoms with van der Waals surface area (Å²) in [5.41, 5.74) is 2.08. The Morgan fingerprint density at radius 2 is 1.92 bits per heavy atom. The highest BCUT2D eigenvalue weighted by atomic mass is 32.2. The molecule has 0 radical (unpaired) electrons. The molecule has 0 atom stereocenters. The van der Waals surface area contributed by atoms with Gasteiger partial charge in [0.05, 0.1) is 11.3 Å².